The normalized spacial score (nSPS) is 18.4. The Morgan fingerprint density at radius 1 is 1.03 bits per heavy atom. The zero-order chi connectivity index (χ0) is 22.1. The van der Waals surface area contributed by atoms with Crippen molar-refractivity contribution in [3.05, 3.63) is 71.3 Å². The number of rotatable bonds is 4. The fourth-order valence-corrected chi connectivity index (χ4v) is 4.52. The Morgan fingerprint density at radius 3 is 2.50 bits per heavy atom. The van der Waals surface area contributed by atoms with Crippen molar-refractivity contribution in [3.63, 3.8) is 0 Å². The third kappa shape index (κ3) is 3.72. The van der Waals surface area contributed by atoms with Crippen LogP contribution in [0.25, 0.3) is 0 Å². The van der Waals surface area contributed by atoms with Crippen LogP contribution in [-0.2, 0) is 6.42 Å². The molecule has 3 aromatic rings. The first-order chi connectivity index (χ1) is 15.6. The Balaban J connectivity index is 1.37. The van der Waals surface area contributed by atoms with Gasteiger partial charge in [0, 0.05) is 39.6 Å². The third-order valence-corrected chi connectivity index (χ3v) is 6.21. The van der Waals surface area contributed by atoms with Crippen LogP contribution in [0.1, 0.15) is 44.5 Å². The van der Waals surface area contributed by atoms with Crippen molar-refractivity contribution in [2.24, 2.45) is 0 Å². The van der Waals surface area contributed by atoms with Crippen LogP contribution in [0.4, 0.5) is 11.8 Å². The predicted molar refractivity (Wildman–Crippen MR) is 120 cm³/mol. The SMILES string of the molecule is CNc1nc(N2CCN(C(=O)c3ccco3)CC2)nc2c1C(=O)C[C@H](c1ccccc1)C2. The molecule has 8 heteroatoms. The van der Waals surface area contributed by atoms with Crippen LogP contribution in [0.3, 0.4) is 0 Å². The molecule has 0 saturated carbocycles. The first-order valence-electron chi connectivity index (χ1n) is 10.9. The van der Waals surface area contributed by atoms with Crippen LogP contribution in [-0.4, -0.2) is 59.8 Å². The summed E-state index contributed by atoms with van der Waals surface area (Å²) in [5.41, 5.74) is 2.55. The summed E-state index contributed by atoms with van der Waals surface area (Å²) in [6.07, 6.45) is 2.67. The number of aromatic nitrogens is 2. The van der Waals surface area contributed by atoms with E-state index >= 15 is 0 Å². The van der Waals surface area contributed by atoms with Crippen LogP contribution in [0.15, 0.2) is 53.1 Å². The Bertz CT molecular complexity index is 1120. The second kappa shape index (κ2) is 8.45. The number of anilines is 2. The second-order valence-corrected chi connectivity index (χ2v) is 8.14. The number of furan rings is 1. The average Bonchev–Trinajstić information content (AvgIpc) is 3.38. The van der Waals surface area contributed by atoms with E-state index in [1.165, 1.54) is 6.26 Å². The summed E-state index contributed by atoms with van der Waals surface area (Å²) in [7, 11) is 1.78. The molecule has 1 atom stereocenters. The minimum Gasteiger partial charge on any atom is -0.459 e. The summed E-state index contributed by atoms with van der Waals surface area (Å²) in [5.74, 6) is 1.62. The van der Waals surface area contributed by atoms with E-state index in [0.29, 0.717) is 62.1 Å². The number of carbonyl (C=O) groups excluding carboxylic acids is 2. The van der Waals surface area contributed by atoms with E-state index in [1.807, 2.05) is 18.2 Å². The molecule has 32 heavy (non-hydrogen) atoms. The molecule has 2 aromatic heterocycles. The van der Waals surface area contributed by atoms with Gasteiger partial charge < -0.3 is 19.5 Å². The Kier molecular flexibility index (Phi) is 5.34. The van der Waals surface area contributed by atoms with Crippen LogP contribution >= 0.6 is 0 Å². The number of fused-ring (bicyclic) bond motifs is 1. The van der Waals surface area contributed by atoms with Gasteiger partial charge >= 0.3 is 0 Å². The number of benzene rings is 1. The lowest BCUT2D eigenvalue weighted by Gasteiger charge is -2.35. The monoisotopic (exact) mass is 431 g/mol. The molecule has 164 valence electrons. The second-order valence-electron chi connectivity index (χ2n) is 8.14. The lowest BCUT2D eigenvalue weighted by molar-refractivity contribution is 0.0714. The first-order valence-corrected chi connectivity index (χ1v) is 10.9. The summed E-state index contributed by atoms with van der Waals surface area (Å²) in [6.45, 7) is 2.34. The highest BCUT2D eigenvalue weighted by Crippen LogP contribution is 2.35. The van der Waals surface area contributed by atoms with E-state index in [2.05, 4.69) is 27.3 Å². The third-order valence-electron chi connectivity index (χ3n) is 6.21. The highest BCUT2D eigenvalue weighted by Gasteiger charge is 2.32. The van der Waals surface area contributed by atoms with Crippen LogP contribution < -0.4 is 10.2 Å². The Labute approximate surface area is 186 Å². The van der Waals surface area contributed by atoms with Gasteiger partial charge in [0.25, 0.3) is 5.91 Å². The molecule has 1 aliphatic heterocycles. The van der Waals surface area contributed by atoms with E-state index in [1.54, 1.807) is 24.1 Å². The van der Waals surface area contributed by atoms with Crippen LogP contribution in [0, 0.1) is 0 Å². The number of nitrogens with zero attached hydrogens (tertiary/aromatic N) is 4. The van der Waals surface area contributed by atoms with Crippen molar-refractivity contribution in [2.45, 2.75) is 18.8 Å². The molecule has 3 heterocycles. The standard InChI is InChI=1S/C24H25N5O3/c1-25-22-21-18(14-17(15-19(21)30)16-6-3-2-4-7-16)26-24(27-22)29-11-9-28(10-12-29)23(31)20-8-5-13-32-20/h2-8,13,17H,9-12,14-15H2,1H3,(H,25,26,27)/t17-/m1/s1. The molecule has 0 unspecified atom stereocenters. The smallest absolute Gasteiger partial charge is 0.289 e. The Hall–Kier alpha value is -3.68. The van der Waals surface area contributed by atoms with E-state index < -0.39 is 0 Å². The number of amides is 1. The fourth-order valence-electron chi connectivity index (χ4n) is 4.52. The molecule has 1 N–H and O–H groups in total. The van der Waals surface area contributed by atoms with E-state index in [9.17, 15) is 9.59 Å². The topological polar surface area (TPSA) is 91.6 Å². The summed E-state index contributed by atoms with van der Waals surface area (Å²) in [5, 5.41) is 3.09. The summed E-state index contributed by atoms with van der Waals surface area (Å²) < 4.78 is 5.24. The highest BCUT2D eigenvalue weighted by atomic mass is 16.3. The molecular weight excluding hydrogens is 406 g/mol. The number of nitrogens with one attached hydrogen (secondary N) is 1. The van der Waals surface area contributed by atoms with Crippen LogP contribution in [0.5, 0.6) is 0 Å². The molecule has 0 bridgehead atoms. The zero-order valence-corrected chi connectivity index (χ0v) is 18.0. The van der Waals surface area contributed by atoms with Crippen LogP contribution in [0.2, 0.25) is 0 Å². The molecular formula is C24H25N5O3. The number of hydrogen-bond donors (Lipinski definition) is 1. The fraction of sp³-hybridized carbons (Fsp3) is 0.333. The minimum absolute atomic E-state index is 0.0740. The van der Waals surface area contributed by atoms with Crippen molar-refractivity contribution in [1.29, 1.82) is 0 Å². The number of carbonyl (C=O) groups is 2. The molecule has 1 aromatic carbocycles. The van der Waals surface area contributed by atoms with Gasteiger partial charge in [-0.2, -0.15) is 4.98 Å². The van der Waals surface area contributed by atoms with Gasteiger partial charge in [-0.3, -0.25) is 9.59 Å². The molecule has 2 aliphatic rings. The van der Waals surface area contributed by atoms with Gasteiger partial charge in [-0.25, -0.2) is 4.98 Å². The molecule has 0 radical (unpaired) electrons. The van der Waals surface area contributed by atoms with Crippen molar-refractivity contribution >= 4 is 23.5 Å². The maximum Gasteiger partial charge on any atom is 0.289 e. The number of ketones is 1. The summed E-state index contributed by atoms with van der Waals surface area (Å²) in [6, 6.07) is 13.5. The van der Waals surface area contributed by atoms with Crippen molar-refractivity contribution in [2.75, 3.05) is 43.4 Å². The number of Topliss-reactive ketones (excluding diaryl/α,β-unsaturated/α-hetero) is 1. The molecule has 1 amide bonds. The van der Waals surface area contributed by atoms with Crippen molar-refractivity contribution < 1.29 is 14.0 Å². The lowest BCUT2D eigenvalue weighted by Crippen LogP contribution is -2.49. The van der Waals surface area contributed by atoms with E-state index in [4.69, 9.17) is 9.40 Å². The van der Waals surface area contributed by atoms with Gasteiger partial charge in [-0.15, -0.1) is 0 Å². The van der Waals surface area contributed by atoms with Crippen molar-refractivity contribution in [1.82, 2.24) is 14.9 Å². The maximum absolute atomic E-state index is 13.0. The summed E-state index contributed by atoms with van der Waals surface area (Å²) in [4.78, 5) is 38.9. The average molecular weight is 431 g/mol. The Morgan fingerprint density at radius 2 is 1.81 bits per heavy atom. The minimum atomic E-state index is -0.103. The number of piperazine rings is 1. The van der Waals surface area contributed by atoms with Gasteiger partial charge in [-0.1, -0.05) is 30.3 Å². The molecule has 0 spiro atoms. The molecule has 5 rings (SSSR count). The molecule has 1 aliphatic carbocycles. The predicted octanol–water partition coefficient (Wildman–Crippen LogP) is 2.99. The van der Waals surface area contributed by atoms with Gasteiger partial charge in [0.2, 0.25) is 5.95 Å². The van der Waals surface area contributed by atoms with Gasteiger partial charge in [-0.05, 0) is 30.0 Å². The number of hydrogen-bond acceptors (Lipinski definition) is 7. The van der Waals surface area contributed by atoms with Gasteiger partial charge in [0.1, 0.15) is 5.82 Å². The lowest BCUT2D eigenvalue weighted by atomic mass is 9.82. The zero-order valence-electron chi connectivity index (χ0n) is 18.0. The van der Waals surface area contributed by atoms with Gasteiger partial charge in [0.05, 0.1) is 17.5 Å². The molecule has 1 saturated heterocycles. The largest absolute Gasteiger partial charge is 0.459 e. The van der Waals surface area contributed by atoms with Crippen molar-refractivity contribution in [3.8, 4) is 0 Å². The van der Waals surface area contributed by atoms with E-state index in [-0.39, 0.29) is 17.6 Å². The van der Waals surface area contributed by atoms with Gasteiger partial charge in [0.15, 0.2) is 11.5 Å². The molecule has 8 nitrogen and oxygen atoms in total. The van der Waals surface area contributed by atoms with E-state index in [0.717, 1.165) is 11.3 Å². The highest BCUT2D eigenvalue weighted by molar-refractivity contribution is 6.03. The first kappa shape index (κ1) is 20.2. The quantitative estimate of drug-likeness (QED) is 0.679. The maximum atomic E-state index is 13.0. The molecule has 1 fully saturated rings. The summed E-state index contributed by atoms with van der Waals surface area (Å²) >= 11 is 0.